The van der Waals surface area contributed by atoms with Crippen molar-refractivity contribution in [1.82, 2.24) is 0 Å². The molecule has 0 heterocycles. The summed E-state index contributed by atoms with van der Waals surface area (Å²) in [6.45, 7) is 2.28. The highest BCUT2D eigenvalue weighted by Gasteiger charge is 2.58. The van der Waals surface area contributed by atoms with Gasteiger partial charge in [0.15, 0.2) is 0 Å². The van der Waals surface area contributed by atoms with Crippen molar-refractivity contribution in [2.75, 3.05) is 0 Å². The third-order valence-electron chi connectivity index (χ3n) is 11.8. The minimum absolute atomic E-state index is 0.184. The van der Waals surface area contributed by atoms with Gasteiger partial charge in [-0.1, -0.05) is 26.2 Å². The number of hydrogen-bond donors (Lipinski definition) is 2. The van der Waals surface area contributed by atoms with Crippen LogP contribution in [0.4, 0.5) is 0 Å². The van der Waals surface area contributed by atoms with Gasteiger partial charge < -0.3 is 10.2 Å². The molecule has 2 heteroatoms. The van der Waals surface area contributed by atoms with Gasteiger partial charge in [0.25, 0.3) is 0 Å². The van der Waals surface area contributed by atoms with E-state index in [1.165, 1.54) is 119 Å². The van der Waals surface area contributed by atoms with Crippen molar-refractivity contribution in [3.63, 3.8) is 0 Å². The SMILES string of the molecule is CCCCCCc1c(O)cc(O)c(C23CC4CC(CC(C4)C2)C3)c1C12CC3CC(CC(C3)C1)C2. The summed E-state index contributed by atoms with van der Waals surface area (Å²) >= 11 is 0. The fourth-order valence-corrected chi connectivity index (χ4v) is 11.6. The molecule has 0 spiro atoms. The average Bonchev–Trinajstić information content (AvgIpc) is 2.75. The van der Waals surface area contributed by atoms with Gasteiger partial charge in [0.1, 0.15) is 11.5 Å². The molecule has 0 saturated heterocycles. The van der Waals surface area contributed by atoms with Gasteiger partial charge >= 0.3 is 0 Å². The molecule has 8 saturated carbocycles. The maximum atomic E-state index is 11.7. The molecule has 8 aliphatic carbocycles. The number of unbranched alkanes of at least 4 members (excludes halogenated alkanes) is 3. The molecular weight excluding hydrogens is 416 g/mol. The molecule has 8 bridgehead atoms. The number of phenolic OH excluding ortho intramolecular Hbond substituents is 2. The van der Waals surface area contributed by atoms with E-state index in [4.69, 9.17) is 0 Å². The Labute approximate surface area is 206 Å². The minimum atomic E-state index is 0.184. The molecule has 186 valence electrons. The van der Waals surface area contributed by atoms with Gasteiger partial charge in [-0.25, -0.2) is 0 Å². The smallest absolute Gasteiger partial charge is 0.123 e. The third kappa shape index (κ3) is 3.32. The van der Waals surface area contributed by atoms with E-state index in [0.717, 1.165) is 41.9 Å². The first-order valence-electron chi connectivity index (χ1n) is 15.1. The molecular formula is C32H46O2. The van der Waals surface area contributed by atoms with Crippen LogP contribution in [-0.4, -0.2) is 10.2 Å². The monoisotopic (exact) mass is 462 g/mol. The van der Waals surface area contributed by atoms with Crippen LogP contribution in [0.25, 0.3) is 0 Å². The van der Waals surface area contributed by atoms with Crippen molar-refractivity contribution in [2.24, 2.45) is 35.5 Å². The summed E-state index contributed by atoms with van der Waals surface area (Å²) in [5.74, 6) is 6.13. The van der Waals surface area contributed by atoms with Crippen molar-refractivity contribution >= 4 is 0 Å². The van der Waals surface area contributed by atoms with Crippen molar-refractivity contribution in [3.8, 4) is 11.5 Å². The molecule has 0 unspecified atom stereocenters. The van der Waals surface area contributed by atoms with E-state index in [1.807, 2.05) is 0 Å². The summed E-state index contributed by atoms with van der Waals surface area (Å²) in [6, 6.07) is 1.78. The maximum absolute atomic E-state index is 11.7. The lowest BCUT2D eigenvalue weighted by molar-refractivity contribution is -0.0186. The van der Waals surface area contributed by atoms with Gasteiger partial charge in [-0.05, 0) is 142 Å². The van der Waals surface area contributed by atoms with Crippen LogP contribution in [0.1, 0.15) is 126 Å². The van der Waals surface area contributed by atoms with E-state index in [-0.39, 0.29) is 10.8 Å². The Morgan fingerprint density at radius 3 is 1.50 bits per heavy atom. The zero-order chi connectivity index (χ0) is 23.1. The number of aromatic hydroxyl groups is 2. The fraction of sp³-hybridized carbons (Fsp3) is 0.812. The zero-order valence-corrected chi connectivity index (χ0v) is 21.5. The Kier molecular flexibility index (Phi) is 5.13. The van der Waals surface area contributed by atoms with Crippen LogP contribution < -0.4 is 0 Å². The normalized spacial score (nSPS) is 43.7. The summed E-state index contributed by atoms with van der Waals surface area (Å²) in [5.41, 5.74) is 4.56. The number of phenols is 2. The predicted octanol–water partition coefficient (Wildman–Crippen LogP) is 8.16. The molecule has 0 atom stereocenters. The lowest BCUT2D eigenvalue weighted by atomic mass is 9.43. The second-order valence-electron chi connectivity index (χ2n) is 14.3. The molecule has 1 aromatic rings. The lowest BCUT2D eigenvalue weighted by Gasteiger charge is -2.61. The van der Waals surface area contributed by atoms with Crippen LogP contribution in [0.3, 0.4) is 0 Å². The van der Waals surface area contributed by atoms with Crippen LogP contribution in [0.5, 0.6) is 11.5 Å². The van der Waals surface area contributed by atoms with Crippen molar-refractivity contribution in [3.05, 3.63) is 22.8 Å². The fourth-order valence-electron chi connectivity index (χ4n) is 11.6. The van der Waals surface area contributed by atoms with Gasteiger partial charge in [0.05, 0.1) is 0 Å². The molecule has 0 radical (unpaired) electrons. The van der Waals surface area contributed by atoms with Crippen LogP contribution in [0.2, 0.25) is 0 Å². The third-order valence-corrected chi connectivity index (χ3v) is 11.8. The van der Waals surface area contributed by atoms with E-state index < -0.39 is 0 Å². The largest absolute Gasteiger partial charge is 0.508 e. The van der Waals surface area contributed by atoms with E-state index in [0.29, 0.717) is 11.5 Å². The first-order valence-corrected chi connectivity index (χ1v) is 15.1. The molecule has 0 aromatic heterocycles. The zero-order valence-electron chi connectivity index (χ0n) is 21.5. The van der Waals surface area contributed by atoms with Crippen molar-refractivity contribution in [2.45, 2.75) is 127 Å². The summed E-state index contributed by atoms with van der Waals surface area (Å²) in [5, 5.41) is 23.1. The molecule has 2 nitrogen and oxygen atoms in total. The Hall–Kier alpha value is -1.18. The number of benzene rings is 1. The summed E-state index contributed by atoms with van der Waals surface area (Å²) in [7, 11) is 0. The lowest BCUT2D eigenvalue weighted by Crippen LogP contribution is -2.52. The predicted molar refractivity (Wildman–Crippen MR) is 137 cm³/mol. The van der Waals surface area contributed by atoms with E-state index >= 15 is 0 Å². The molecule has 34 heavy (non-hydrogen) atoms. The summed E-state index contributed by atoms with van der Waals surface area (Å²) in [6.07, 6.45) is 22.5. The van der Waals surface area contributed by atoms with Crippen molar-refractivity contribution in [1.29, 1.82) is 0 Å². The van der Waals surface area contributed by atoms with Gasteiger partial charge in [0, 0.05) is 17.0 Å². The molecule has 0 aliphatic heterocycles. The van der Waals surface area contributed by atoms with Crippen LogP contribution in [0.15, 0.2) is 6.07 Å². The molecule has 9 rings (SSSR count). The summed E-state index contributed by atoms with van der Waals surface area (Å²) in [4.78, 5) is 0. The minimum Gasteiger partial charge on any atom is -0.508 e. The van der Waals surface area contributed by atoms with Crippen LogP contribution in [-0.2, 0) is 17.3 Å². The Morgan fingerprint density at radius 1 is 0.618 bits per heavy atom. The van der Waals surface area contributed by atoms with E-state index in [9.17, 15) is 10.2 Å². The second kappa shape index (κ2) is 7.91. The molecule has 2 N–H and O–H groups in total. The van der Waals surface area contributed by atoms with E-state index in [1.54, 1.807) is 6.07 Å². The molecule has 1 aromatic carbocycles. The first-order chi connectivity index (χ1) is 16.5. The standard InChI is InChI=1S/C32H46O2/c1-2-3-4-5-6-26-27(33)13-28(34)30(32-17-23-10-24(18-32)12-25(11-23)19-32)29(26)31-14-20-7-21(15-31)9-22(8-20)16-31/h13,20-25,33-34H,2-12,14-19H2,1H3. The number of rotatable bonds is 7. The van der Waals surface area contributed by atoms with Crippen molar-refractivity contribution < 1.29 is 10.2 Å². The van der Waals surface area contributed by atoms with Gasteiger partial charge in [-0.2, -0.15) is 0 Å². The average molecular weight is 463 g/mol. The Balaban J connectivity index is 1.39. The molecule has 8 aliphatic rings. The molecule has 8 fully saturated rings. The maximum Gasteiger partial charge on any atom is 0.123 e. The molecule has 0 amide bonds. The van der Waals surface area contributed by atoms with Gasteiger partial charge in [0.2, 0.25) is 0 Å². The van der Waals surface area contributed by atoms with Gasteiger partial charge in [-0.3, -0.25) is 0 Å². The van der Waals surface area contributed by atoms with Crippen LogP contribution in [0, 0.1) is 35.5 Å². The second-order valence-corrected chi connectivity index (χ2v) is 14.3. The Morgan fingerprint density at radius 2 is 1.06 bits per heavy atom. The topological polar surface area (TPSA) is 40.5 Å². The highest BCUT2D eigenvalue weighted by Crippen LogP contribution is 2.67. The van der Waals surface area contributed by atoms with Gasteiger partial charge in [-0.15, -0.1) is 0 Å². The number of hydrogen-bond acceptors (Lipinski definition) is 2. The van der Waals surface area contributed by atoms with Crippen LogP contribution >= 0.6 is 0 Å². The van der Waals surface area contributed by atoms with E-state index in [2.05, 4.69) is 6.92 Å². The Bertz CT molecular complexity index is 888. The highest BCUT2D eigenvalue weighted by molar-refractivity contribution is 5.59. The first kappa shape index (κ1) is 22.1. The summed E-state index contributed by atoms with van der Waals surface area (Å²) < 4.78 is 0. The quantitative estimate of drug-likeness (QED) is 0.401. The highest BCUT2D eigenvalue weighted by atomic mass is 16.3.